The van der Waals surface area contributed by atoms with Crippen molar-refractivity contribution in [3.8, 4) is 5.75 Å². The lowest BCUT2D eigenvalue weighted by atomic mass is 10.3. The highest BCUT2D eigenvalue weighted by molar-refractivity contribution is 6.43. The molecule has 0 bridgehead atoms. The first kappa shape index (κ1) is 15.5. The summed E-state index contributed by atoms with van der Waals surface area (Å²) < 4.78 is 18.8. The van der Waals surface area contributed by atoms with Crippen LogP contribution in [0.25, 0.3) is 0 Å². The normalized spacial score (nSPS) is 9.91. The number of hydrogen-bond acceptors (Lipinski definition) is 3. The predicted molar refractivity (Wildman–Crippen MR) is 81.3 cm³/mol. The number of anilines is 2. The number of rotatable bonds is 4. The van der Waals surface area contributed by atoms with Crippen molar-refractivity contribution in [2.24, 2.45) is 0 Å². The van der Waals surface area contributed by atoms with E-state index in [2.05, 4.69) is 10.6 Å². The van der Waals surface area contributed by atoms with E-state index in [4.69, 9.17) is 4.74 Å². The van der Waals surface area contributed by atoms with Gasteiger partial charge in [0.1, 0.15) is 11.6 Å². The highest BCUT2D eigenvalue weighted by Crippen LogP contribution is 2.23. The number of para-hydroxylation sites is 3. The summed E-state index contributed by atoms with van der Waals surface area (Å²) in [6, 6.07) is 12.3. The van der Waals surface area contributed by atoms with Crippen molar-refractivity contribution in [3.05, 3.63) is 54.3 Å². The van der Waals surface area contributed by atoms with E-state index in [1.54, 1.807) is 30.3 Å². The van der Waals surface area contributed by atoms with Crippen molar-refractivity contribution < 1.29 is 18.7 Å². The molecule has 0 aromatic heterocycles. The van der Waals surface area contributed by atoms with Crippen molar-refractivity contribution in [2.75, 3.05) is 17.2 Å². The minimum absolute atomic E-state index is 0.0549. The van der Waals surface area contributed by atoms with Crippen LogP contribution in [0.3, 0.4) is 0 Å². The SMILES string of the molecule is CCOc1ccccc1NC(=O)C(=O)Nc1ccccc1F. The number of benzene rings is 2. The van der Waals surface area contributed by atoms with Crippen LogP contribution in [0, 0.1) is 5.82 Å². The van der Waals surface area contributed by atoms with Crippen molar-refractivity contribution >= 4 is 23.2 Å². The monoisotopic (exact) mass is 302 g/mol. The average molecular weight is 302 g/mol. The fourth-order valence-electron chi connectivity index (χ4n) is 1.77. The number of halogens is 1. The van der Waals surface area contributed by atoms with Crippen molar-refractivity contribution in [1.29, 1.82) is 0 Å². The van der Waals surface area contributed by atoms with Gasteiger partial charge in [-0.2, -0.15) is 0 Å². The van der Waals surface area contributed by atoms with Crippen molar-refractivity contribution in [2.45, 2.75) is 6.92 Å². The second-order valence-electron chi connectivity index (χ2n) is 4.32. The smallest absolute Gasteiger partial charge is 0.314 e. The molecule has 2 aromatic rings. The van der Waals surface area contributed by atoms with Gasteiger partial charge in [-0.15, -0.1) is 0 Å². The van der Waals surface area contributed by atoms with E-state index in [0.717, 1.165) is 0 Å². The molecule has 0 saturated heterocycles. The lowest BCUT2D eigenvalue weighted by Gasteiger charge is -2.11. The van der Waals surface area contributed by atoms with Crippen LogP contribution in [-0.2, 0) is 9.59 Å². The molecule has 0 radical (unpaired) electrons. The van der Waals surface area contributed by atoms with Gasteiger partial charge in [-0.25, -0.2) is 4.39 Å². The summed E-state index contributed by atoms with van der Waals surface area (Å²) in [5.41, 5.74) is 0.318. The van der Waals surface area contributed by atoms with E-state index in [1.807, 2.05) is 6.92 Å². The fourth-order valence-corrected chi connectivity index (χ4v) is 1.77. The van der Waals surface area contributed by atoms with E-state index in [-0.39, 0.29) is 5.69 Å². The number of carbonyl (C=O) groups excluding carboxylic acids is 2. The second-order valence-corrected chi connectivity index (χ2v) is 4.32. The van der Waals surface area contributed by atoms with E-state index in [0.29, 0.717) is 18.0 Å². The molecule has 0 aliphatic carbocycles. The second kappa shape index (κ2) is 7.21. The van der Waals surface area contributed by atoms with Crippen LogP contribution in [-0.4, -0.2) is 18.4 Å². The van der Waals surface area contributed by atoms with Crippen LogP contribution in [0.4, 0.5) is 15.8 Å². The molecule has 0 saturated carbocycles. The first-order chi connectivity index (χ1) is 10.6. The lowest BCUT2D eigenvalue weighted by Crippen LogP contribution is -2.29. The molecule has 114 valence electrons. The molecule has 2 aromatic carbocycles. The molecule has 0 fully saturated rings. The molecular weight excluding hydrogens is 287 g/mol. The minimum Gasteiger partial charge on any atom is -0.492 e. The third-order valence-electron chi connectivity index (χ3n) is 2.76. The van der Waals surface area contributed by atoms with Crippen LogP contribution in [0.1, 0.15) is 6.92 Å². The van der Waals surface area contributed by atoms with Crippen LogP contribution < -0.4 is 15.4 Å². The molecule has 0 spiro atoms. The molecular formula is C16H15FN2O3. The van der Waals surface area contributed by atoms with Crippen LogP contribution in [0.15, 0.2) is 48.5 Å². The maximum Gasteiger partial charge on any atom is 0.314 e. The van der Waals surface area contributed by atoms with Gasteiger partial charge in [-0.3, -0.25) is 9.59 Å². The fraction of sp³-hybridized carbons (Fsp3) is 0.125. The summed E-state index contributed by atoms with van der Waals surface area (Å²) in [6.45, 7) is 2.23. The van der Waals surface area contributed by atoms with Crippen molar-refractivity contribution in [3.63, 3.8) is 0 Å². The Morgan fingerprint density at radius 1 is 0.955 bits per heavy atom. The largest absolute Gasteiger partial charge is 0.492 e. The first-order valence-electron chi connectivity index (χ1n) is 6.70. The average Bonchev–Trinajstić information content (AvgIpc) is 2.51. The van der Waals surface area contributed by atoms with Gasteiger partial charge in [-0.1, -0.05) is 24.3 Å². The molecule has 2 amide bonds. The summed E-state index contributed by atoms with van der Waals surface area (Å²) in [5, 5.41) is 4.65. The zero-order chi connectivity index (χ0) is 15.9. The maximum absolute atomic E-state index is 13.4. The molecule has 5 nitrogen and oxygen atoms in total. The molecule has 0 heterocycles. The summed E-state index contributed by atoms with van der Waals surface area (Å²) in [6.07, 6.45) is 0. The zero-order valence-corrected chi connectivity index (χ0v) is 11.9. The van der Waals surface area contributed by atoms with E-state index in [9.17, 15) is 14.0 Å². The molecule has 0 aliphatic heterocycles. The molecule has 2 N–H and O–H groups in total. The maximum atomic E-state index is 13.4. The van der Waals surface area contributed by atoms with Crippen molar-refractivity contribution in [1.82, 2.24) is 0 Å². The zero-order valence-electron chi connectivity index (χ0n) is 11.9. The van der Waals surface area contributed by atoms with Gasteiger partial charge in [0.15, 0.2) is 0 Å². The van der Waals surface area contributed by atoms with E-state index in [1.165, 1.54) is 18.2 Å². The summed E-state index contributed by atoms with van der Waals surface area (Å²) in [4.78, 5) is 23.7. The molecule has 2 rings (SSSR count). The Balaban J connectivity index is 2.06. The Morgan fingerprint density at radius 3 is 2.14 bits per heavy atom. The van der Waals surface area contributed by atoms with Crippen LogP contribution in [0.5, 0.6) is 5.75 Å². The van der Waals surface area contributed by atoms with Gasteiger partial charge in [0, 0.05) is 0 Å². The topological polar surface area (TPSA) is 67.4 Å². The molecule has 0 atom stereocenters. The Labute approximate surface area is 127 Å². The van der Waals surface area contributed by atoms with Crippen LogP contribution in [0.2, 0.25) is 0 Å². The lowest BCUT2D eigenvalue weighted by molar-refractivity contribution is -0.133. The third kappa shape index (κ3) is 3.82. The summed E-state index contributed by atoms with van der Waals surface area (Å²) in [7, 11) is 0. The number of carbonyl (C=O) groups is 2. The first-order valence-corrected chi connectivity index (χ1v) is 6.70. The quantitative estimate of drug-likeness (QED) is 0.853. The Kier molecular flexibility index (Phi) is 5.08. The van der Waals surface area contributed by atoms with E-state index < -0.39 is 17.6 Å². The standard InChI is InChI=1S/C16H15FN2O3/c1-2-22-14-10-6-5-9-13(14)19-16(21)15(20)18-12-8-4-3-7-11(12)17/h3-10H,2H2,1H3,(H,18,20)(H,19,21). The van der Waals surface area contributed by atoms with Gasteiger partial charge in [0.25, 0.3) is 0 Å². The van der Waals surface area contributed by atoms with Gasteiger partial charge < -0.3 is 15.4 Å². The molecule has 22 heavy (non-hydrogen) atoms. The van der Waals surface area contributed by atoms with Gasteiger partial charge in [-0.05, 0) is 31.2 Å². The number of ether oxygens (including phenoxy) is 1. The molecule has 6 heteroatoms. The Hall–Kier alpha value is -2.89. The molecule has 0 unspecified atom stereocenters. The Morgan fingerprint density at radius 2 is 1.50 bits per heavy atom. The van der Waals surface area contributed by atoms with Gasteiger partial charge >= 0.3 is 11.8 Å². The third-order valence-corrected chi connectivity index (χ3v) is 2.76. The van der Waals surface area contributed by atoms with Gasteiger partial charge in [0.05, 0.1) is 18.0 Å². The minimum atomic E-state index is -0.962. The Bertz CT molecular complexity index is 689. The van der Waals surface area contributed by atoms with Gasteiger partial charge in [0.2, 0.25) is 0 Å². The number of hydrogen-bond donors (Lipinski definition) is 2. The van der Waals surface area contributed by atoms with E-state index >= 15 is 0 Å². The summed E-state index contributed by atoms with van der Waals surface area (Å²) >= 11 is 0. The predicted octanol–water partition coefficient (Wildman–Crippen LogP) is 2.80. The highest BCUT2D eigenvalue weighted by Gasteiger charge is 2.17. The highest BCUT2D eigenvalue weighted by atomic mass is 19.1. The number of amides is 2. The summed E-state index contributed by atoms with van der Waals surface area (Å²) in [5.74, 6) is -2.03. The number of nitrogens with one attached hydrogen (secondary N) is 2. The van der Waals surface area contributed by atoms with Crippen LogP contribution >= 0.6 is 0 Å². The molecule has 0 aliphatic rings.